The zero-order valence-corrected chi connectivity index (χ0v) is 9.54. The zero-order valence-electron chi connectivity index (χ0n) is 7.96. The maximum absolute atomic E-state index is 11.6. The highest BCUT2D eigenvalue weighted by Crippen LogP contribution is 2.15. The summed E-state index contributed by atoms with van der Waals surface area (Å²) in [5.41, 5.74) is 6.04. The van der Waals surface area contributed by atoms with Crippen molar-refractivity contribution in [1.29, 1.82) is 0 Å². The largest absolute Gasteiger partial charge is 0.348 e. The first kappa shape index (κ1) is 11.2. The van der Waals surface area contributed by atoms with Crippen molar-refractivity contribution >= 4 is 21.8 Å². The Kier molecular flexibility index (Phi) is 4.10. The predicted molar refractivity (Wildman–Crippen MR) is 60.1 cm³/mol. The van der Waals surface area contributed by atoms with Crippen LogP contribution >= 0.6 is 15.9 Å². The van der Waals surface area contributed by atoms with Gasteiger partial charge in [-0.25, -0.2) is 0 Å². The zero-order chi connectivity index (χ0) is 10.6. The lowest BCUT2D eigenvalue weighted by molar-refractivity contribution is 0.0940. The van der Waals surface area contributed by atoms with Crippen LogP contribution in [-0.2, 0) is 0 Å². The Bertz CT molecular complexity index is 328. The topological polar surface area (TPSA) is 55.1 Å². The number of hydrogen-bond acceptors (Lipinski definition) is 2. The van der Waals surface area contributed by atoms with E-state index in [2.05, 4.69) is 21.2 Å². The summed E-state index contributed by atoms with van der Waals surface area (Å²) in [7, 11) is 0. The molecule has 0 radical (unpaired) electrons. The van der Waals surface area contributed by atoms with Crippen molar-refractivity contribution in [3.05, 3.63) is 34.3 Å². The molecular formula is C10H13BrN2O. The van der Waals surface area contributed by atoms with Gasteiger partial charge in [-0.3, -0.25) is 4.79 Å². The maximum atomic E-state index is 11.6. The summed E-state index contributed by atoms with van der Waals surface area (Å²) >= 11 is 3.32. The molecule has 0 bridgehead atoms. The molecule has 0 aliphatic heterocycles. The van der Waals surface area contributed by atoms with Crippen LogP contribution in [0.2, 0.25) is 0 Å². The van der Waals surface area contributed by atoms with E-state index in [1.54, 1.807) is 6.07 Å². The van der Waals surface area contributed by atoms with E-state index >= 15 is 0 Å². The average molecular weight is 257 g/mol. The molecule has 1 atom stereocenters. The number of nitrogens with two attached hydrogens (primary N) is 1. The standard InChI is InChI=1S/C10H13BrN2O/c1-7(6-12)13-10(14)8-4-2-3-5-9(8)11/h2-5,7H,6,12H2,1H3,(H,13,14). The van der Waals surface area contributed by atoms with Crippen molar-refractivity contribution in [2.45, 2.75) is 13.0 Å². The Morgan fingerprint density at radius 2 is 2.21 bits per heavy atom. The first-order chi connectivity index (χ1) is 6.65. The number of hydrogen-bond donors (Lipinski definition) is 2. The van der Waals surface area contributed by atoms with Crippen LogP contribution in [0, 0.1) is 0 Å². The van der Waals surface area contributed by atoms with E-state index in [-0.39, 0.29) is 11.9 Å². The van der Waals surface area contributed by atoms with Crippen LogP contribution in [0.15, 0.2) is 28.7 Å². The molecule has 1 aromatic carbocycles. The summed E-state index contributed by atoms with van der Waals surface area (Å²) < 4.78 is 0.793. The van der Waals surface area contributed by atoms with E-state index in [9.17, 15) is 4.79 Å². The van der Waals surface area contributed by atoms with Gasteiger partial charge in [0.2, 0.25) is 0 Å². The smallest absolute Gasteiger partial charge is 0.252 e. The number of amides is 1. The van der Waals surface area contributed by atoms with Crippen molar-refractivity contribution in [3.8, 4) is 0 Å². The van der Waals surface area contributed by atoms with Gasteiger partial charge in [0.05, 0.1) is 5.56 Å². The molecule has 1 rings (SSSR count). The first-order valence-corrected chi connectivity index (χ1v) is 5.20. The molecule has 14 heavy (non-hydrogen) atoms. The number of rotatable bonds is 3. The van der Waals surface area contributed by atoms with E-state index in [4.69, 9.17) is 5.73 Å². The molecule has 3 N–H and O–H groups in total. The van der Waals surface area contributed by atoms with Crippen LogP contribution in [-0.4, -0.2) is 18.5 Å². The van der Waals surface area contributed by atoms with Crippen molar-refractivity contribution in [1.82, 2.24) is 5.32 Å². The number of carbonyl (C=O) groups excluding carboxylic acids is 1. The molecule has 1 unspecified atom stereocenters. The van der Waals surface area contributed by atoms with E-state index < -0.39 is 0 Å². The number of nitrogens with one attached hydrogen (secondary N) is 1. The van der Waals surface area contributed by atoms with E-state index in [0.29, 0.717) is 12.1 Å². The molecule has 0 aliphatic rings. The Labute approximate surface area is 91.8 Å². The van der Waals surface area contributed by atoms with Gasteiger partial charge in [0, 0.05) is 17.1 Å². The Balaban J connectivity index is 2.75. The number of benzene rings is 1. The van der Waals surface area contributed by atoms with E-state index in [1.807, 2.05) is 25.1 Å². The minimum Gasteiger partial charge on any atom is -0.348 e. The molecule has 1 aromatic rings. The maximum Gasteiger partial charge on any atom is 0.252 e. The molecule has 76 valence electrons. The fourth-order valence-corrected chi connectivity index (χ4v) is 1.47. The predicted octanol–water partition coefficient (Wildman–Crippen LogP) is 1.53. The number of halogens is 1. The second-order valence-electron chi connectivity index (χ2n) is 3.09. The van der Waals surface area contributed by atoms with Crippen LogP contribution in [0.25, 0.3) is 0 Å². The Morgan fingerprint density at radius 3 is 2.79 bits per heavy atom. The highest BCUT2D eigenvalue weighted by Gasteiger charge is 2.10. The highest BCUT2D eigenvalue weighted by atomic mass is 79.9. The fraction of sp³-hybridized carbons (Fsp3) is 0.300. The van der Waals surface area contributed by atoms with Gasteiger partial charge in [0.15, 0.2) is 0 Å². The monoisotopic (exact) mass is 256 g/mol. The third kappa shape index (κ3) is 2.82. The lowest BCUT2D eigenvalue weighted by atomic mass is 10.2. The van der Waals surface area contributed by atoms with Gasteiger partial charge in [0.1, 0.15) is 0 Å². The molecule has 4 heteroatoms. The SMILES string of the molecule is CC(CN)NC(=O)c1ccccc1Br. The third-order valence-electron chi connectivity index (χ3n) is 1.85. The summed E-state index contributed by atoms with van der Waals surface area (Å²) in [6.07, 6.45) is 0. The van der Waals surface area contributed by atoms with Gasteiger partial charge in [-0.1, -0.05) is 12.1 Å². The second kappa shape index (κ2) is 5.12. The molecule has 0 aromatic heterocycles. The Hall–Kier alpha value is -0.870. The van der Waals surface area contributed by atoms with E-state index in [1.165, 1.54) is 0 Å². The fourth-order valence-electron chi connectivity index (χ4n) is 1.01. The van der Waals surface area contributed by atoms with Crippen molar-refractivity contribution in [2.24, 2.45) is 5.73 Å². The summed E-state index contributed by atoms with van der Waals surface area (Å²) in [5.74, 6) is -0.101. The van der Waals surface area contributed by atoms with Gasteiger partial charge in [0.25, 0.3) is 5.91 Å². The summed E-state index contributed by atoms with van der Waals surface area (Å²) in [5, 5.41) is 2.79. The average Bonchev–Trinajstić information content (AvgIpc) is 2.18. The molecule has 0 saturated heterocycles. The molecule has 0 fully saturated rings. The van der Waals surface area contributed by atoms with Gasteiger partial charge in [-0.2, -0.15) is 0 Å². The normalized spacial score (nSPS) is 12.2. The minimum absolute atomic E-state index is 0.00499. The van der Waals surface area contributed by atoms with Crippen LogP contribution in [0.3, 0.4) is 0 Å². The van der Waals surface area contributed by atoms with Crippen LogP contribution in [0.4, 0.5) is 0 Å². The molecule has 3 nitrogen and oxygen atoms in total. The minimum atomic E-state index is -0.101. The Morgan fingerprint density at radius 1 is 1.57 bits per heavy atom. The van der Waals surface area contributed by atoms with Crippen LogP contribution in [0.5, 0.6) is 0 Å². The van der Waals surface area contributed by atoms with Gasteiger partial charge < -0.3 is 11.1 Å². The molecule has 1 amide bonds. The number of carbonyl (C=O) groups is 1. The van der Waals surface area contributed by atoms with Crippen LogP contribution in [0.1, 0.15) is 17.3 Å². The second-order valence-corrected chi connectivity index (χ2v) is 3.94. The lowest BCUT2D eigenvalue weighted by Gasteiger charge is -2.11. The van der Waals surface area contributed by atoms with Gasteiger partial charge >= 0.3 is 0 Å². The highest BCUT2D eigenvalue weighted by molar-refractivity contribution is 9.10. The van der Waals surface area contributed by atoms with Crippen molar-refractivity contribution in [3.63, 3.8) is 0 Å². The quantitative estimate of drug-likeness (QED) is 0.862. The molecule has 0 heterocycles. The summed E-state index contributed by atoms with van der Waals surface area (Å²) in [6.45, 7) is 2.31. The van der Waals surface area contributed by atoms with Gasteiger partial charge in [-0.15, -0.1) is 0 Å². The molecular weight excluding hydrogens is 244 g/mol. The van der Waals surface area contributed by atoms with Gasteiger partial charge in [-0.05, 0) is 35.0 Å². The lowest BCUT2D eigenvalue weighted by Crippen LogP contribution is -2.37. The molecule has 0 spiro atoms. The van der Waals surface area contributed by atoms with Crippen LogP contribution < -0.4 is 11.1 Å². The summed E-state index contributed by atoms with van der Waals surface area (Å²) in [6, 6.07) is 7.29. The molecule has 0 aliphatic carbocycles. The van der Waals surface area contributed by atoms with E-state index in [0.717, 1.165) is 4.47 Å². The molecule has 0 saturated carbocycles. The third-order valence-corrected chi connectivity index (χ3v) is 2.54. The van der Waals surface area contributed by atoms with Crippen molar-refractivity contribution in [2.75, 3.05) is 6.54 Å². The van der Waals surface area contributed by atoms with Crippen molar-refractivity contribution < 1.29 is 4.79 Å². The first-order valence-electron chi connectivity index (χ1n) is 4.40. The summed E-state index contributed by atoms with van der Waals surface area (Å²) in [4.78, 5) is 11.6.